The normalized spacial score (nSPS) is 14.6. The Morgan fingerprint density at radius 2 is 1.90 bits per heavy atom. The summed E-state index contributed by atoms with van der Waals surface area (Å²) in [4.78, 5) is 23.0. The van der Waals surface area contributed by atoms with Gasteiger partial charge in [-0.05, 0) is 23.6 Å². The second-order valence-electron chi connectivity index (χ2n) is 5.28. The molecule has 2 N–H and O–H groups in total. The molecule has 6 nitrogen and oxygen atoms in total. The largest absolute Gasteiger partial charge is 0.486 e. The van der Waals surface area contributed by atoms with Crippen molar-refractivity contribution in [1.29, 1.82) is 0 Å². The number of carbonyl (C=O) groups is 2. The van der Waals surface area contributed by atoms with Crippen molar-refractivity contribution in [2.24, 2.45) is 5.92 Å². The zero-order valence-corrected chi connectivity index (χ0v) is 12.1. The zero-order valence-electron chi connectivity index (χ0n) is 12.1. The molecule has 1 atom stereocenters. The lowest BCUT2D eigenvalue weighted by molar-refractivity contribution is -0.143. The molecule has 0 radical (unpaired) electrons. The Morgan fingerprint density at radius 3 is 2.52 bits per heavy atom. The van der Waals surface area contributed by atoms with E-state index in [1.54, 1.807) is 32.0 Å². The van der Waals surface area contributed by atoms with Gasteiger partial charge in [-0.15, -0.1) is 0 Å². The number of ether oxygens (including phenoxy) is 2. The van der Waals surface area contributed by atoms with Crippen LogP contribution in [0.3, 0.4) is 0 Å². The standard InChI is InChI=1S/C15H19NO5/c1-9(2)14(15(18)19)16-13(17)8-10-3-4-11-12(7-10)21-6-5-20-11/h3-4,7,9,14H,5-6,8H2,1-2H3,(H,16,17)(H,18,19)/t14-/m0/s1. The maximum absolute atomic E-state index is 12.0. The van der Waals surface area contributed by atoms with Gasteiger partial charge in [-0.3, -0.25) is 4.79 Å². The van der Waals surface area contributed by atoms with Gasteiger partial charge in [-0.2, -0.15) is 0 Å². The summed E-state index contributed by atoms with van der Waals surface area (Å²) >= 11 is 0. The summed E-state index contributed by atoms with van der Waals surface area (Å²) in [7, 11) is 0. The van der Waals surface area contributed by atoms with Gasteiger partial charge in [0.1, 0.15) is 19.3 Å². The van der Waals surface area contributed by atoms with Crippen LogP contribution in [0.2, 0.25) is 0 Å². The number of fused-ring (bicyclic) bond motifs is 1. The molecule has 0 saturated carbocycles. The van der Waals surface area contributed by atoms with Crippen LogP contribution in [0.25, 0.3) is 0 Å². The number of benzene rings is 1. The van der Waals surface area contributed by atoms with Gasteiger partial charge in [0, 0.05) is 0 Å². The second-order valence-corrected chi connectivity index (χ2v) is 5.28. The summed E-state index contributed by atoms with van der Waals surface area (Å²) in [6, 6.07) is 4.40. The first-order valence-corrected chi connectivity index (χ1v) is 6.88. The van der Waals surface area contributed by atoms with E-state index in [9.17, 15) is 9.59 Å². The first-order valence-electron chi connectivity index (χ1n) is 6.88. The predicted molar refractivity (Wildman–Crippen MR) is 75.5 cm³/mol. The molecule has 2 rings (SSSR count). The molecule has 21 heavy (non-hydrogen) atoms. The zero-order chi connectivity index (χ0) is 15.4. The van der Waals surface area contributed by atoms with Crippen molar-refractivity contribution in [3.8, 4) is 11.5 Å². The van der Waals surface area contributed by atoms with E-state index in [4.69, 9.17) is 14.6 Å². The van der Waals surface area contributed by atoms with E-state index in [2.05, 4.69) is 5.32 Å². The van der Waals surface area contributed by atoms with Crippen molar-refractivity contribution in [2.75, 3.05) is 13.2 Å². The number of rotatable bonds is 5. The van der Waals surface area contributed by atoms with E-state index >= 15 is 0 Å². The van der Waals surface area contributed by atoms with Crippen LogP contribution in [0.1, 0.15) is 19.4 Å². The van der Waals surface area contributed by atoms with Crippen molar-refractivity contribution < 1.29 is 24.2 Å². The maximum Gasteiger partial charge on any atom is 0.326 e. The molecule has 1 aliphatic rings. The van der Waals surface area contributed by atoms with E-state index in [0.29, 0.717) is 24.7 Å². The lowest BCUT2D eigenvalue weighted by atomic mass is 10.0. The average molecular weight is 293 g/mol. The summed E-state index contributed by atoms with van der Waals surface area (Å²) in [6.45, 7) is 4.50. The van der Waals surface area contributed by atoms with Gasteiger partial charge < -0.3 is 19.9 Å². The Kier molecular flexibility index (Phi) is 4.67. The van der Waals surface area contributed by atoms with Crippen LogP contribution >= 0.6 is 0 Å². The molecule has 0 aromatic heterocycles. The van der Waals surface area contributed by atoms with Crippen molar-refractivity contribution in [2.45, 2.75) is 26.3 Å². The molecule has 0 bridgehead atoms. The third-order valence-corrected chi connectivity index (χ3v) is 3.22. The number of hydrogen-bond acceptors (Lipinski definition) is 4. The van der Waals surface area contributed by atoms with Gasteiger partial charge in [0.25, 0.3) is 0 Å². The van der Waals surface area contributed by atoms with Gasteiger partial charge in [-0.25, -0.2) is 4.79 Å². The molecule has 0 spiro atoms. The fourth-order valence-electron chi connectivity index (χ4n) is 2.12. The highest BCUT2D eigenvalue weighted by Gasteiger charge is 2.23. The minimum atomic E-state index is -1.03. The van der Waals surface area contributed by atoms with Crippen molar-refractivity contribution in [1.82, 2.24) is 5.32 Å². The summed E-state index contributed by atoms with van der Waals surface area (Å²) in [6.07, 6.45) is 0.104. The third-order valence-electron chi connectivity index (χ3n) is 3.22. The maximum atomic E-state index is 12.0. The van der Waals surface area contributed by atoms with Crippen LogP contribution in [-0.4, -0.2) is 36.2 Å². The fourth-order valence-corrected chi connectivity index (χ4v) is 2.12. The number of nitrogens with one attached hydrogen (secondary N) is 1. The van der Waals surface area contributed by atoms with Gasteiger partial charge in [0.15, 0.2) is 11.5 Å². The number of carbonyl (C=O) groups excluding carboxylic acids is 1. The third kappa shape index (κ3) is 3.87. The lowest BCUT2D eigenvalue weighted by Gasteiger charge is -2.20. The van der Waals surface area contributed by atoms with Crippen LogP contribution in [0.15, 0.2) is 18.2 Å². The van der Waals surface area contributed by atoms with E-state index in [-0.39, 0.29) is 18.2 Å². The molecular formula is C15H19NO5. The molecule has 1 heterocycles. The smallest absolute Gasteiger partial charge is 0.326 e. The van der Waals surface area contributed by atoms with Gasteiger partial charge in [-0.1, -0.05) is 19.9 Å². The van der Waals surface area contributed by atoms with E-state index in [0.717, 1.165) is 5.56 Å². The molecule has 1 aliphatic heterocycles. The molecule has 1 aromatic rings. The molecule has 114 valence electrons. The van der Waals surface area contributed by atoms with Gasteiger partial charge in [0.2, 0.25) is 5.91 Å². The van der Waals surface area contributed by atoms with Crippen molar-refractivity contribution in [3.05, 3.63) is 23.8 Å². The van der Waals surface area contributed by atoms with Crippen LogP contribution in [0, 0.1) is 5.92 Å². The molecule has 0 unspecified atom stereocenters. The van der Waals surface area contributed by atoms with Crippen LogP contribution in [0.5, 0.6) is 11.5 Å². The minimum Gasteiger partial charge on any atom is -0.486 e. The lowest BCUT2D eigenvalue weighted by Crippen LogP contribution is -2.44. The summed E-state index contributed by atoms with van der Waals surface area (Å²) in [5.41, 5.74) is 0.754. The molecule has 6 heteroatoms. The summed E-state index contributed by atoms with van der Waals surface area (Å²) in [5, 5.41) is 11.6. The predicted octanol–water partition coefficient (Wildman–Crippen LogP) is 1.23. The van der Waals surface area contributed by atoms with Gasteiger partial charge >= 0.3 is 5.97 Å². The molecule has 1 aromatic carbocycles. The minimum absolute atomic E-state index is 0.104. The quantitative estimate of drug-likeness (QED) is 0.853. The van der Waals surface area contributed by atoms with E-state index in [1.807, 2.05) is 0 Å². The summed E-state index contributed by atoms with van der Waals surface area (Å²) in [5.74, 6) is -0.249. The Labute approximate surface area is 123 Å². The average Bonchev–Trinajstić information content (AvgIpc) is 2.44. The van der Waals surface area contributed by atoms with Crippen LogP contribution in [-0.2, 0) is 16.0 Å². The highest BCUT2D eigenvalue weighted by molar-refractivity contribution is 5.85. The highest BCUT2D eigenvalue weighted by Crippen LogP contribution is 2.30. The number of aliphatic carboxylic acids is 1. The summed E-state index contributed by atoms with van der Waals surface area (Å²) < 4.78 is 10.9. The van der Waals surface area contributed by atoms with Gasteiger partial charge in [0.05, 0.1) is 6.42 Å². The monoisotopic (exact) mass is 293 g/mol. The molecular weight excluding hydrogens is 274 g/mol. The topological polar surface area (TPSA) is 84.9 Å². The van der Waals surface area contributed by atoms with E-state index < -0.39 is 12.0 Å². The van der Waals surface area contributed by atoms with E-state index in [1.165, 1.54) is 0 Å². The van der Waals surface area contributed by atoms with Crippen molar-refractivity contribution in [3.63, 3.8) is 0 Å². The second kappa shape index (κ2) is 6.47. The molecule has 0 fully saturated rings. The Morgan fingerprint density at radius 1 is 1.24 bits per heavy atom. The number of carboxylic acid groups (broad SMARTS) is 1. The number of hydrogen-bond donors (Lipinski definition) is 2. The Bertz CT molecular complexity index is 541. The molecule has 1 amide bonds. The molecule has 0 saturated heterocycles. The first-order chi connectivity index (χ1) is 9.97. The Hall–Kier alpha value is -2.24. The number of amides is 1. The fraction of sp³-hybridized carbons (Fsp3) is 0.467. The first kappa shape index (κ1) is 15.2. The number of carboxylic acids is 1. The Balaban J connectivity index is 2.01. The highest BCUT2D eigenvalue weighted by atomic mass is 16.6. The van der Waals surface area contributed by atoms with Crippen molar-refractivity contribution >= 4 is 11.9 Å². The van der Waals surface area contributed by atoms with Crippen LogP contribution < -0.4 is 14.8 Å². The van der Waals surface area contributed by atoms with Crippen LogP contribution in [0.4, 0.5) is 0 Å². The SMILES string of the molecule is CC(C)[C@H](NC(=O)Cc1ccc2c(c1)OCCO2)C(=O)O. The molecule has 0 aliphatic carbocycles.